The Labute approximate surface area is 184 Å². The lowest BCUT2D eigenvalue weighted by Gasteiger charge is -2.41. The second-order valence-corrected chi connectivity index (χ2v) is 8.51. The number of anilines is 2. The van der Waals surface area contributed by atoms with Crippen molar-refractivity contribution in [3.63, 3.8) is 0 Å². The number of carbonyl (C=O) groups is 2. The fourth-order valence-electron chi connectivity index (χ4n) is 4.31. The van der Waals surface area contributed by atoms with Crippen LogP contribution < -0.4 is 9.80 Å². The Kier molecular flexibility index (Phi) is 5.40. The van der Waals surface area contributed by atoms with Gasteiger partial charge in [-0.3, -0.25) is 14.5 Å². The third kappa shape index (κ3) is 3.74. The summed E-state index contributed by atoms with van der Waals surface area (Å²) in [7, 11) is 0. The number of hydrogen-bond acceptors (Lipinski definition) is 2. The number of aryl methyl sites for hydroxylation is 4. The summed E-state index contributed by atoms with van der Waals surface area (Å²) in [6.45, 7) is 10.1. The van der Waals surface area contributed by atoms with Crippen LogP contribution in [0.25, 0.3) is 0 Å². The van der Waals surface area contributed by atoms with Gasteiger partial charge in [-0.25, -0.2) is 0 Å². The second-order valence-electron chi connectivity index (χ2n) is 8.51. The number of rotatable bonds is 3. The first-order valence-corrected chi connectivity index (χ1v) is 10.6. The molecule has 0 spiro atoms. The highest BCUT2D eigenvalue weighted by Gasteiger charge is 2.42. The fourth-order valence-corrected chi connectivity index (χ4v) is 4.31. The van der Waals surface area contributed by atoms with E-state index in [1.54, 1.807) is 9.80 Å². The van der Waals surface area contributed by atoms with Crippen LogP contribution in [0.5, 0.6) is 0 Å². The fraction of sp³-hybridized carbons (Fsp3) is 0.259. The summed E-state index contributed by atoms with van der Waals surface area (Å²) in [5, 5.41) is 0. The van der Waals surface area contributed by atoms with Crippen LogP contribution in [0.1, 0.15) is 39.4 Å². The van der Waals surface area contributed by atoms with Crippen molar-refractivity contribution in [2.45, 2.75) is 40.7 Å². The van der Waals surface area contributed by atoms with Crippen LogP contribution in [0.3, 0.4) is 0 Å². The molecule has 4 heteroatoms. The van der Waals surface area contributed by atoms with Gasteiger partial charge < -0.3 is 4.90 Å². The van der Waals surface area contributed by atoms with Crippen LogP contribution in [-0.2, 0) is 9.59 Å². The zero-order valence-electron chi connectivity index (χ0n) is 18.8. The number of piperazine rings is 1. The van der Waals surface area contributed by atoms with E-state index in [2.05, 4.69) is 6.07 Å². The van der Waals surface area contributed by atoms with Gasteiger partial charge in [0.05, 0.1) is 0 Å². The third-order valence-corrected chi connectivity index (χ3v) is 6.19. The van der Waals surface area contributed by atoms with Crippen LogP contribution >= 0.6 is 0 Å². The second kappa shape index (κ2) is 8.03. The molecule has 1 fully saturated rings. The van der Waals surface area contributed by atoms with E-state index in [9.17, 15) is 9.59 Å². The Balaban J connectivity index is 1.87. The normalized spacial score (nSPS) is 16.7. The first-order valence-electron chi connectivity index (χ1n) is 10.6. The standard InChI is InChI=1S/C27H28N2O2/c1-17-9-12-22(13-10-17)26-27(31)28(24-8-6-7-19(3)21(24)5)16-25(30)29(26)23-14-11-18(2)15-20(23)4/h6-15,26H,16H2,1-5H3. The van der Waals surface area contributed by atoms with Gasteiger partial charge in [-0.2, -0.15) is 0 Å². The highest BCUT2D eigenvalue weighted by molar-refractivity contribution is 6.15. The van der Waals surface area contributed by atoms with Crippen LogP contribution in [0.4, 0.5) is 11.4 Å². The van der Waals surface area contributed by atoms with Crippen molar-refractivity contribution in [2.75, 3.05) is 16.3 Å². The Morgan fingerprint density at radius 1 is 0.742 bits per heavy atom. The SMILES string of the molecule is Cc1ccc(C2C(=O)N(c3cccc(C)c3C)CC(=O)N2c2ccc(C)cc2C)cc1. The van der Waals surface area contributed by atoms with Crippen LogP contribution in [0, 0.1) is 34.6 Å². The molecule has 4 rings (SSSR count). The Morgan fingerprint density at radius 3 is 2.10 bits per heavy atom. The molecule has 0 radical (unpaired) electrons. The van der Waals surface area contributed by atoms with Gasteiger partial charge in [0.25, 0.3) is 5.91 Å². The first kappa shape index (κ1) is 20.9. The van der Waals surface area contributed by atoms with Gasteiger partial charge in [-0.05, 0) is 69.0 Å². The number of amides is 2. The molecule has 1 unspecified atom stereocenters. The molecule has 4 nitrogen and oxygen atoms in total. The molecule has 1 atom stereocenters. The van der Waals surface area contributed by atoms with Gasteiger partial charge in [0.15, 0.2) is 0 Å². The molecule has 1 heterocycles. The average molecular weight is 413 g/mol. The monoisotopic (exact) mass is 412 g/mol. The summed E-state index contributed by atoms with van der Waals surface area (Å²) in [4.78, 5) is 30.8. The Morgan fingerprint density at radius 2 is 1.42 bits per heavy atom. The maximum atomic E-state index is 13.9. The molecule has 1 aliphatic rings. The Bertz CT molecular complexity index is 1160. The summed E-state index contributed by atoms with van der Waals surface area (Å²) in [5.74, 6) is -0.171. The van der Waals surface area contributed by atoms with Crippen molar-refractivity contribution < 1.29 is 9.59 Å². The topological polar surface area (TPSA) is 40.6 Å². The molecule has 1 saturated heterocycles. The first-order chi connectivity index (χ1) is 14.8. The molecular formula is C27H28N2O2. The molecule has 31 heavy (non-hydrogen) atoms. The van der Waals surface area contributed by atoms with Crippen molar-refractivity contribution >= 4 is 23.2 Å². The van der Waals surface area contributed by atoms with E-state index in [0.717, 1.165) is 44.8 Å². The summed E-state index contributed by atoms with van der Waals surface area (Å²) in [5.41, 5.74) is 7.75. The Hall–Kier alpha value is -3.40. The average Bonchev–Trinajstić information content (AvgIpc) is 2.73. The van der Waals surface area contributed by atoms with Crippen LogP contribution in [0.15, 0.2) is 60.7 Å². The smallest absolute Gasteiger partial charge is 0.255 e. The molecule has 158 valence electrons. The zero-order valence-corrected chi connectivity index (χ0v) is 18.8. The van der Waals surface area contributed by atoms with Crippen molar-refractivity contribution in [1.29, 1.82) is 0 Å². The molecule has 3 aromatic rings. The van der Waals surface area contributed by atoms with Crippen molar-refractivity contribution in [2.24, 2.45) is 0 Å². The molecule has 1 aliphatic heterocycles. The van der Waals surface area contributed by atoms with E-state index < -0.39 is 6.04 Å². The molecule has 3 aromatic carbocycles. The minimum atomic E-state index is -0.705. The highest BCUT2D eigenvalue weighted by atomic mass is 16.2. The van der Waals surface area contributed by atoms with E-state index in [1.165, 1.54) is 0 Å². The lowest BCUT2D eigenvalue weighted by molar-refractivity contribution is -0.128. The number of benzene rings is 3. The zero-order chi connectivity index (χ0) is 22.3. The van der Waals surface area contributed by atoms with Gasteiger partial charge in [0.1, 0.15) is 12.6 Å². The predicted molar refractivity (Wildman–Crippen MR) is 126 cm³/mol. The van der Waals surface area contributed by atoms with E-state index in [4.69, 9.17) is 0 Å². The molecule has 0 saturated carbocycles. The van der Waals surface area contributed by atoms with E-state index in [1.807, 2.05) is 89.2 Å². The largest absolute Gasteiger partial charge is 0.301 e. The van der Waals surface area contributed by atoms with Gasteiger partial charge in [-0.15, -0.1) is 0 Å². The minimum Gasteiger partial charge on any atom is -0.301 e. The van der Waals surface area contributed by atoms with E-state index in [0.29, 0.717) is 0 Å². The molecule has 0 aliphatic carbocycles. The number of carbonyl (C=O) groups excluding carboxylic acids is 2. The van der Waals surface area contributed by atoms with Gasteiger partial charge in [0, 0.05) is 11.4 Å². The summed E-state index contributed by atoms with van der Waals surface area (Å²) < 4.78 is 0. The van der Waals surface area contributed by atoms with Gasteiger partial charge in [-0.1, -0.05) is 59.7 Å². The highest BCUT2D eigenvalue weighted by Crippen LogP contribution is 2.37. The van der Waals surface area contributed by atoms with Crippen LogP contribution in [0.2, 0.25) is 0 Å². The minimum absolute atomic E-state index is 0.0266. The molecule has 0 N–H and O–H groups in total. The molecule has 2 amide bonds. The lowest BCUT2D eigenvalue weighted by Crippen LogP contribution is -2.56. The van der Waals surface area contributed by atoms with Crippen LogP contribution in [-0.4, -0.2) is 18.4 Å². The number of nitrogens with zero attached hydrogens (tertiary/aromatic N) is 2. The summed E-state index contributed by atoms with van der Waals surface area (Å²) in [6, 6.07) is 19.1. The molecule has 0 aromatic heterocycles. The van der Waals surface area contributed by atoms with Crippen molar-refractivity contribution in [3.05, 3.63) is 94.0 Å². The predicted octanol–water partition coefficient (Wildman–Crippen LogP) is 5.35. The quantitative estimate of drug-likeness (QED) is 0.582. The van der Waals surface area contributed by atoms with E-state index >= 15 is 0 Å². The van der Waals surface area contributed by atoms with E-state index in [-0.39, 0.29) is 18.4 Å². The van der Waals surface area contributed by atoms with Gasteiger partial charge in [0.2, 0.25) is 5.91 Å². The maximum Gasteiger partial charge on any atom is 0.255 e. The van der Waals surface area contributed by atoms with Crippen molar-refractivity contribution in [1.82, 2.24) is 0 Å². The summed E-state index contributed by atoms with van der Waals surface area (Å²) in [6.07, 6.45) is 0. The number of hydrogen-bond donors (Lipinski definition) is 0. The van der Waals surface area contributed by atoms with Gasteiger partial charge >= 0.3 is 0 Å². The molecule has 0 bridgehead atoms. The summed E-state index contributed by atoms with van der Waals surface area (Å²) >= 11 is 0. The van der Waals surface area contributed by atoms with Crippen molar-refractivity contribution in [3.8, 4) is 0 Å². The lowest BCUT2D eigenvalue weighted by atomic mass is 9.96. The molecular weight excluding hydrogens is 384 g/mol. The third-order valence-electron chi connectivity index (χ3n) is 6.19. The maximum absolute atomic E-state index is 13.9.